The first kappa shape index (κ1) is 25.8. The van der Waals surface area contributed by atoms with Gasteiger partial charge < -0.3 is 14.2 Å². The number of amides is 2. The molecule has 2 amide bonds. The van der Waals surface area contributed by atoms with Gasteiger partial charge >= 0.3 is 0 Å². The summed E-state index contributed by atoms with van der Waals surface area (Å²) < 4.78 is 17.3. The Hall–Kier alpha value is -4.26. The van der Waals surface area contributed by atoms with Gasteiger partial charge in [0.2, 0.25) is 0 Å². The standard InChI is InChI=1S/C30H32N2O5/c1-2-3-4-8-19-35-26-15-17-27(18-16-26)37-21-20-36-25-13-11-23(12-14-25)22-28-29(33)31-32(30(28)34)24-9-6-5-7-10-24/h5-7,9-18,22H,2-4,8,19-21H2,1H3,(H,31,33)/b28-22+. The number of hydrogen-bond donors (Lipinski definition) is 1. The summed E-state index contributed by atoms with van der Waals surface area (Å²) in [6, 6.07) is 23.8. The third-order valence-electron chi connectivity index (χ3n) is 5.81. The quantitative estimate of drug-likeness (QED) is 0.189. The molecule has 7 nitrogen and oxygen atoms in total. The number of ether oxygens (including phenoxy) is 3. The van der Waals surface area contributed by atoms with E-state index >= 15 is 0 Å². The van der Waals surface area contributed by atoms with Crippen LogP contribution in [-0.2, 0) is 9.59 Å². The number of para-hydroxylation sites is 1. The minimum absolute atomic E-state index is 0.0823. The topological polar surface area (TPSA) is 77.1 Å². The molecule has 0 aliphatic carbocycles. The zero-order chi connectivity index (χ0) is 25.9. The van der Waals surface area contributed by atoms with Gasteiger partial charge in [-0.15, -0.1) is 0 Å². The maximum Gasteiger partial charge on any atom is 0.282 e. The first-order valence-corrected chi connectivity index (χ1v) is 12.6. The Morgan fingerprint density at radius 3 is 1.86 bits per heavy atom. The number of hydrazine groups is 1. The van der Waals surface area contributed by atoms with Crippen LogP contribution in [0.25, 0.3) is 6.08 Å². The van der Waals surface area contributed by atoms with Gasteiger partial charge in [0.05, 0.1) is 12.3 Å². The number of nitrogens with zero attached hydrogens (tertiary/aromatic N) is 1. The highest BCUT2D eigenvalue weighted by Crippen LogP contribution is 2.22. The fraction of sp³-hybridized carbons (Fsp3) is 0.267. The lowest BCUT2D eigenvalue weighted by molar-refractivity contribution is -0.117. The van der Waals surface area contributed by atoms with Crippen molar-refractivity contribution >= 4 is 23.6 Å². The largest absolute Gasteiger partial charge is 0.494 e. The molecule has 0 bridgehead atoms. The van der Waals surface area contributed by atoms with Crippen molar-refractivity contribution in [1.82, 2.24) is 5.43 Å². The van der Waals surface area contributed by atoms with Crippen LogP contribution in [0.2, 0.25) is 0 Å². The smallest absolute Gasteiger partial charge is 0.282 e. The first-order chi connectivity index (χ1) is 18.1. The number of unbranched alkanes of at least 4 members (excludes halogenated alkanes) is 3. The number of nitrogens with one attached hydrogen (secondary N) is 1. The van der Waals surface area contributed by atoms with Gasteiger partial charge in [0.25, 0.3) is 11.8 Å². The lowest BCUT2D eigenvalue weighted by atomic mass is 10.1. The van der Waals surface area contributed by atoms with E-state index in [0.29, 0.717) is 24.7 Å². The Morgan fingerprint density at radius 2 is 1.27 bits per heavy atom. The van der Waals surface area contributed by atoms with Gasteiger partial charge in [0, 0.05) is 0 Å². The van der Waals surface area contributed by atoms with Crippen LogP contribution in [0.1, 0.15) is 38.2 Å². The SMILES string of the molecule is CCCCCCOc1ccc(OCCOc2ccc(/C=C3\C(=O)NN(c4ccccc4)C3=O)cc2)cc1. The van der Waals surface area contributed by atoms with Crippen LogP contribution >= 0.6 is 0 Å². The van der Waals surface area contributed by atoms with Crippen molar-refractivity contribution in [3.05, 3.63) is 90.0 Å². The summed E-state index contributed by atoms with van der Waals surface area (Å²) in [4.78, 5) is 25.1. The van der Waals surface area contributed by atoms with Gasteiger partial charge in [-0.3, -0.25) is 15.0 Å². The molecule has 1 N–H and O–H groups in total. The number of rotatable bonds is 13. The van der Waals surface area contributed by atoms with E-state index in [1.807, 2.05) is 42.5 Å². The lowest BCUT2D eigenvalue weighted by Gasteiger charge is -2.13. The second-order valence-corrected chi connectivity index (χ2v) is 8.62. The number of carbonyl (C=O) groups excluding carboxylic acids is 2. The Morgan fingerprint density at radius 1 is 0.703 bits per heavy atom. The monoisotopic (exact) mass is 500 g/mol. The molecular weight excluding hydrogens is 468 g/mol. The first-order valence-electron chi connectivity index (χ1n) is 12.6. The van der Waals surface area contributed by atoms with Crippen molar-refractivity contribution in [2.45, 2.75) is 32.6 Å². The average Bonchev–Trinajstić information content (AvgIpc) is 3.21. The molecule has 37 heavy (non-hydrogen) atoms. The molecule has 1 aliphatic heterocycles. The van der Waals surface area contributed by atoms with E-state index < -0.39 is 5.91 Å². The molecule has 0 unspecified atom stereocenters. The molecular formula is C30H32N2O5. The molecule has 1 saturated heterocycles. The van der Waals surface area contributed by atoms with Crippen LogP contribution in [0.4, 0.5) is 5.69 Å². The molecule has 192 valence electrons. The van der Waals surface area contributed by atoms with Gasteiger partial charge in [-0.05, 0) is 66.6 Å². The van der Waals surface area contributed by atoms with Crippen molar-refractivity contribution in [3.8, 4) is 17.2 Å². The van der Waals surface area contributed by atoms with Crippen molar-refractivity contribution in [1.29, 1.82) is 0 Å². The van der Waals surface area contributed by atoms with Crippen molar-refractivity contribution < 1.29 is 23.8 Å². The summed E-state index contributed by atoms with van der Waals surface area (Å²) in [6.45, 7) is 3.71. The van der Waals surface area contributed by atoms with Crippen molar-refractivity contribution in [3.63, 3.8) is 0 Å². The number of carbonyl (C=O) groups is 2. The Kier molecular flexibility index (Phi) is 9.18. The van der Waals surface area contributed by atoms with E-state index in [9.17, 15) is 9.59 Å². The molecule has 3 aromatic carbocycles. The van der Waals surface area contributed by atoms with E-state index in [1.54, 1.807) is 42.5 Å². The van der Waals surface area contributed by atoms with Crippen molar-refractivity contribution in [2.24, 2.45) is 0 Å². The van der Waals surface area contributed by atoms with Crippen LogP contribution in [0, 0.1) is 0 Å². The average molecular weight is 501 g/mol. The highest BCUT2D eigenvalue weighted by molar-refractivity contribution is 6.31. The highest BCUT2D eigenvalue weighted by atomic mass is 16.5. The minimum Gasteiger partial charge on any atom is -0.494 e. The second kappa shape index (κ2) is 13.2. The Balaban J connectivity index is 1.21. The van der Waals surface area contributed by atoms with Gasteiger partial charge in [-0.2, -0.15) is 0 Å². The van der Waals surface area contributed by atoms with Gasteiger partial charge in [0.1, 0.15) is 36.0 Å². The molecule has 0 atom stereocenters. The van der Waals surface area contributed by atoms with E-state index in [2.05, 4.69) is 12.3 Å². The third kappa shape index (κ3) is 7.36. The molecule has 1 aliphatic rings. The van der Waals surface area contributed by atoms with Crippen LogP contribution in [0.15, 0.2) is 84.4 Å². The van der Waals surface area contributed by atoms with Crippen LogP contribution in [0.3, 0.4) is 0 Å². The normalized spacial score (nSPS) is 14.1. The van der Waals surface area contributed by atoms with E-state index in [4.69, 9.17) is 14.2 Å². The number of hydrogen-bond acceptors (Lipinski definition) is 5. The molecule has 4 rings (SSSR count). The summed E-state index contributed by atoms with van der Waals surface area (Å²) in [5.74, 6) is 1.46. The molecule has 0 saturated carbocycles. The number of benzene rings is 3. The van der Waals surface area contributed by atoms with Gasteiger partial charge in [-0.1, -0.05) is 56.5 Å². The van der Waals surface area contributed by atoms with Crippen LogP contribution < -0.4 is 24.6 Å². The predicted octanol–water partition coefficient (Wildman–Crippen LogP) is 5.56. The van der Waals surface area contributed by atoms with Crippen LogP contribution in [-0.4, -0.2) is 31.6 Å². The molecule has 0 aromatic heterocycles. The van der Waals surface area contributed by atoms with E-state index in [0.717, 1.165) is 30.1 Å². The fourth-order valence-electron chi connectivity index (χ4n) is 3.81. The molecule has 0 spiro atoms. The summed E-state index contributed by atoms with van der Waals surface area (Å²) in [7, 11) is 0. The highest BCUT2D eigenvalue weighted by Gasteiger charge is 2.34. The summed E-state index contributed by atoms with van der Waals surface area (Å²) >= 11 is 0. The van der Waals surface area contributed by atoms with E-state index in [-0.39, 0.29) is 11.5 Å². The number of anilines is 1. The second-order valence-electron chi connectivity index (χ2n) is 8.62. The summed E-state index contributed by atoms with van der Waals surface area (Å²) in [5.41, 5.74) is 4.02. The van der Waals surface area contributed by atoms with E-state index in [1.165, 1.54) is 24.3 Å². The maximum absolute atomic E-state index is 12.7. The molecule has 1 heterocycles. The third-order valence-corrected chi connectivity index (χ3v) is 5.81. The fourth-order valence-corrected chi connectivity index (χ4v) is 3.81. The predicted molar refractivity (Wildman–Crippen MR) is 144 cm³/mol. The maximum atomic E-state index is 12.7. The summed E-state index contributed by atoms with van der Waals surface area (Å²) in [6.07, 6.45) is 6.31. The summed E-state index contributed by atoms with van der Waals surface area (Å²) in [5, 5.41) is 1.25. The minimum atomic E-state index is -0.433. The van der Waals surface area contributed by atoms with Crippen LogP contribution in [0.5, 0.6) is 17.2 Å². The molecule has 0 radical (unpaired) electrons. The van der Waals surface area contributed by atoms with Gasteiger partial charge in [0.15, 0.2) is 0 Å². The lowest BCUT2D eigenvalue weighted by Crippen LogP contribution is -2.35. The zero-order valence-electron chi connectivity index (χ0n) is 21.0. The molecule has 3 aromatic rings. The Bertz CT molecular complexity index is 1190. The van der Waals surface area contributed by atoms with Crippen molar-refractivity contribution in [2.75, 3.05) is 24.8 Å². The zero-order valence-corrected chi connectivity index (χ0v) is 21.0. The van der Waals surface area contributed by atoms with Gasteiger partial charge in [-0.25, -0.2) is 5.01 Å². The Labute approximate surface area is 217 Å². The molecule has 1 fully saturated rings. The molecule has 7 heteroatoms.